The van der Waals surface area contributed by atoms with Crippen LogP contribution in [0.4, 0.5) is 17.3 Å². The normalized spacial score (nSPS) is 13.6. The number of methoxy groups -OCH3 is 1. The van der Waals surface area contributed by atoms with E-state index >= 15 is 0 Å². The maximum Gasteiger partial charge on any atom is 0.226 e. The van der Waals surface area contributed by atoms with Gasteiger partial charge in [0.15, 0.2) is 11.4 Å². The van der Waals surface area contributed by atoms with Gasteiger partial charge in [0.05, 0.1) is 62.4 Å². The lowest BCUT2D eigenvalue weighted by molar-refractivity contribution is 0.339. The van der Waals surface area contributed by atoms with E-state index in [0.717, 1.165) is 30.0 Å². The number of anilines is 2. The predicted octanol–water partition coefficient (Wildman–Crippen LogP) is 5.28. The van der Waals surface area contributed by atoms with E-state index in [1.54, 1.807) is 44.0 Å². The SMILES string of the molecule is [C-]#[N+]c1cc(C#N)cc(CN(Cc2nc(OC)ccc2N(CC)CC2CCCC2)c2ncc(OCCS(C)=O)cn2)c1. The minimum absolute atomic E-state index is 0.306. The first-order valence-electron chi connectivity index (χ1n) is 14.1. The lowest BCUT2D eigenvalue weighted by Crippen LogP contribution is -2.31. The Hall–Kier alpha value is -4.22. The Morgan fingerprint density at radius 1 is 1.14 bits per heavy atom. The standard InChI is InChI=1S/C31H37N7O3S/c1-5-37(20-23-8-6-7-9-23)29-10-11-30(40-3)36-28(29)22-38(21-25-14-24(17-32)15-26(16-25)33-2)31-34-18-27(19-35-31)41-12-13-42(4)39/h10-11,14-16,18-19,23H,5-9,12-13,20-22H2,1,3-4H3. The molecule has 11 heteroatoms. The summed E-state index contributed by atoms with van der Waals surface area (Å²) in [7, 11) is 0.653. The molecule has 3 aromatic rings. The molecule has 0 spiro atoms. The molecule has 0 radical (unpaired) electrons. The van der Waals surface area contributed by atoms with Gasteiger partial charge in [-0.2, -0.15) is 5.26 Å². The fourth-order valence-electron chi connectivity index (χ4n) is 5.21. The molecular weight excluding hydrogens is 550 g/mol. The fraction of sp³-hybridized carbons (Fsp3) is 0.452. The number of aromatic nitrogens is 3. The lowest BCUT2D eigenvalue weighted by atomic mass is 10.1. The van der Waals surface area contributed by atoms with Crippen molar-refractivity contribution in [3.8, 4) is 17.7 Å². The van der Waals surface area contributed by atoms with Crippen molar-refractivity contribution in [3.05, 3.63) is 71.0 Å². The van der Waals surface area contributed by atoms with E-state index in [1.165, 1.54) is 25.7 Å². The Kier molecular flexibility index (Phi) is 11.1. The second-order valence-corrected chi connectivity index (χ2v) is 11.9. The highest BCUT2D eigenvalue weighted by atomic mass is 32.2. The van der Waals surface area contributed by atoms with E-state index in [9.17, 15) is 9.47 Å². The molecule has 0 N–H and O–H groups in total. The van der Waals surface area contributed by atoms with Crippen molar-refractivity contribution in [1.82, 2.24) is 15.0 Å². The van der Waals surface area contributed by atoms with Crippen LogP contribution in [0.5, 0.6) is 11.6 Å². The highest BCUT2D eigenvalue weighted by Gasteiger charge is 2.23. The van der Waals surface area contributed by atoms with Crippen LogP contribution in [0.1, 0.15) is 49.4 Å². The Balaban J connectivity index is 1.69. The van der Waals surface area contributed by atoms with Crippen molar-refractivity contribution in [3.63, 3.8) is 0 Å². The van der Waals surface area contributed by atoms with Crippen molar-refractivity contribution >= 4 is 28.1 Å². The number of nitrogens with zero attached hydrogens (tertiary/aromatic N) is 7. The topological polar surface area (TPSA) is 109 Å². The van der Waals surface area contributed by atoms with Crippen LogP contribution in [0, 0.1) is 23.8 Å². The second kappa shape index (κ2) is 15.1. The molecule has 0 amide bonds. The molecular formula is C31H37N7O3S. The molecule has 1 aliphatic rings. The van der Waals surface area contributed by atoms with E-state index < -0.39 is 10.8 Å². The van der Waals surface area contributed by atoms with Crippen LogP contribution in [0.15, 0.2) is 42.7 Å². The van der Waals surface area contributed by atoms with Crippen LogP contribution < -0.4 is 19.3 Å². The second-order valence-electron chi connectivity index (χ2n) is 10.3. The largest absolute Gasteiger partial charge is 0.489 e. The van der Waals surface area contributed by atoms with E-state index in [-0.39, 0.29) is 0 Å². The Morgan fingerprint density at radius 3 is 2.55 bits per heavy atom. The summed E-state index contributed by atoms with van der Waals surface area (Å²) in [6.45, 7) is 12.5. The Morgan fingerprint density at radius 2 is 1.90 bits per heavy atom. The number of hydrogen-bond acceptors (Lipinski definition) is 9. The summed E-state index contributed by atoms with van der Waals surface area (Å²) in [5.74, 6) is 2.54. The number of nitriles is 1. The van der Waals surface area contributed by atoms with Gasteiger partial charge in [-0.25, -0.2) is 19.8 Å². The van der Waals surface area contributed by atoms with Crippen molar-refractivity contribution in [2.24, 2.45) is 5.92 Å². The molecule has 10 nitrogen and oxygen atoms in total. The lowest BCUT2D eigenvalue weighted by Gasteiger charge is -2.30. The Bertz CT molecular complexity index is 1410. The van der Waals surface area contributed by atoms with Gasteiger partial charge in [-0.15, -0.1) is 0 Å². The van der Waals surface area contributed by atoms with Crippen molar-refractivity contribution in [2.75, 3.05) is 48.6 Å². The third-order valence-electron chi connectivity index (χ3n) is 7.30. The van der Waals surface area contributed by atoms with Crippen molar-refractivity contribution < 1.29 is 13.7 Å². The number of ether oxygens (including phenoxy) is 2. The van der Waals surface area contributed by atoms with E-state index in [2.05, 4.69) is 38.8 Å². The third kappa shape index (κ3) is 8.40. The molecule has 2 aromatic heterocycles. The van der Waals surface area contributed by atoms with Crippen LogP contribution >= 0.6 is 0 Å². The third-order valence-corrected chi connectivity index (χ3v) is 8.04. The van der Waals surface area contributed by atoms with Gasteiger partial charge in [-0.1, -0.05) is 18.9 Å². The molecule has 42 heavy (non-hydrogen) atoms. The molecule has 1 aliphatic carbocycles. The zero-order chi connectivity index (χ0) is 29.9. The van der Waals surface area contributed by atoms with Gasteiger partial charge in [0.25, 0.3) is 0 Å². The van der Waals surface area contributed by atoms with Crippen LogP contribution in [0.25, 0.3) is 4.85 Å². The van der Waals surface area contributed by atoms with Crippen molar-refractivity contribution in [1.29, 1.82) is 5.26 Å². The van der Waals surface area contributed by atoms with Crippen LogP contribution in [0.2, 0.25) is 0 Å². The number of pyridine rings is 1. The summed E-state index contributed by atoms with van der Waals surface area (Å²) >= 11 is 0. The minimum Gasteiger partial charge on any atom is -0.489 e. The van der Waals surface area contributed by atoms with E-state index in [0.29, 0.717) is 60.2 Å². The fourth-order valence-corrected chi connectivity index (χ4v) is 5.53. The first kappa shape index (κ1) is 30.7. The average molecular weight is 588 g/mol. The van der Waals surface area contributed by atoms with Gasteiger partial charge >= 0.3 is 0 Å². The van der Waals surface area contributed by atoms with E-state index in [4.69, 9.17) is 21.0 Å². The summed E-state index contributed by atoms with van der Waals surface area (Å²) in [4.78, 5) is 22.0. The molecule has 0 aliphatic heterocycles. The molecule has 0 saturated heterocycles. The smallest absolute Gasteiger partial charge is 0.226 e. The van der Waals surface area contributed by atoms with Crippen LogP contribution in [-0.2, 0) is 23.9 Å². The highest BCUT2D eigenvalue weighted by Crippen LogP contribution is 2.31. The summed E-state index contributed by atoms with van der Waals surface area (Å²) in [6, 6.07) is 11.3. The maximum atomic E-state index is 11.4. The van der Waals surface area contributed by atoms with Gasteiger partial charge in [-0.3, -0.25) is 4.21 Å². The molecule has 220 valence electrons. The summed E-state index contributed by atoms with van der Waals surface area (Å²) in [6.07, 6.45) is 9.89. The molecule has 1 unspecified atom stereocenters. The molecule has 0 bridgehead atoms. The van der Waals surface area contributed by atoms with Gasteiger partial charge < -0.3 is 19.3 Å². The molecule has 1 fully saturated rings. The minimum atomic E-state index is -0.953. The molecule has 1 saturated carbocycles. The number of hydrogen-bond donors (Lipinski definition) is 0. The van der Waals surface area contributed by atoms with Gasteiger partial charge in [0, 0.05) is 48.3 Å². The number of rotatable bonds is 14. The van der Waals surface area contributed by atoms with Crippen LogP contribution in [0.3, 0.4) is 0 Å². The maximum absolute atomic E-state index is 11.4. The first-order chi connectivity index (χ1) is 20.4. The van der Waals surface area contributed by atoms with Gasteiger partial charge in [0.2, 0.25) is 11.8 Å². The first-order valence-corrected chi connectivity index (χ1v) is 15.8. The highest BCUT2D eigenvalue weighted by molar-refractivity contribution is 7.84. The molecule has 2 heterocycles. The number of benzene rings is 1. The zero-order valence-corrected chi connectivity index (χ0v) is 25.3. The summed E-state index contributed by atoms with van der Waals surface area (Å²) < 4.78 is 22.6. The zero-order valence-electron chi connectivity index (χ0n) is 24.5. The summed E-state index contributed by atoms with van der Waals surface area (Å²) in [5.41, 5.74) is 3.47. The van der Waals surface area contributed by atoms with E-state index in [1.807, 2.05) is 11.0 Å². The van der Waals surface area contributed by atoms with Crippen LogP contribution in [-0.4, -0.2) is 58.0 Å². The summed E-state index contributed by atoms with van der Waals surface area (Å²) in [5, 5.41) is 9.55. The quantitative estimate of drug-likeness (QED) is 0.233. The van der Waals surface area contributed by atoms with Crippen molar-refractivity contribution in [2.45, 2.75) is 45.7 Å². The predicted molar refractivity (Wildman–Crippen MR) is 164 cm³/mol. The van der Waals surface area contributed by atoms with Gasteiger partial charge in [0.1, 0.15) is 0 Å². The monoisotopic (exact) mass is 587 g/mol. The molecule has 4 rings (SSSR count). The molecule has 1 aromatic carbocycles. The Labute approximate surface area is 250 Å². The molecule has 1 atom stereocenters. The average Bonchev–Trinajstić information content (AvgIpc) is 3.53. The van der Waals surface area contributed by atoms with Gasteiger partial charge in [-0.05, 0) is 49.4 Å².